The van der Waals surface area contributed by atoms with E-state index in [9.17, 15) is 4.79 Å². The molecule has 0 saturated heterocycles. The van der Waals surface area contributed by atoms with Crippen LogP contribution in [0.5, 0.6) is 5.75 Å². The van der Waals surface area contributed by atoms with E-state index < -0.39 is 0 Å². The van der Waals surface area contributed by atoms with E-state index >= 15 is 0 Å². The second kappa shape index (κ2) is 7.67. The van der Waals surface area contributed by atoms with Crippen molar-refractivity contribution < 1.29 is 9.53 Å². The minimum Gasteiger partial charge on any atom is -0.497 e. The summed E-state index contributed by atoms with van der Waals surface area (Å²) >= 11 is 1.22. The van der Waals surface area contributed by atoms with Gasteiger partial charge < -0.3 is 9.30 Å². The van der Waals surface area contributed by atoms with Crippen LogP contribution in [0.4, 0.5) is 4.79 Å². The number of hydrogen-bond donors (Lipinski definition) is 1. The SMILES string of the molecule is COc1cccc(-c2nc3cc(C4=NNC(=O)SC4)ccc3n2CC(C)C)c1. The number of nitrogens with one attached hydrogen (secondary N) is 1. The van der Waals surface area contributed by atoms with Gasteiger partial charge in [0.05, 0.1) is 23.9 Å². The zero-order valence-electron chi connectivity index (χ0n) is 16.1. The average molecular weight is 395 g/mol. The number of ether oxygens (including phenoxy) is 1. The van der Waals surface area contributed by atoms with Gasteiger partial charge in [-0.15, -0.1) is 0 Å². The molecule has 2 aromatic carbocycles. The Hall–Kier alpha value is -2.80. The molecule has 7 heteroatoms. The molecule has 0 atom stereocenters. The highest BCUT2D eigenvalue weighted by Gasteiger charge is 2.18. The molecular formula is C21H22N4O2S. The van der Waals surface area contributed by atoms with E-state index in [-0.39, 0.29) is 5.24 Å². The molecule has 0 aliphatic carbocycles. The molecule has 0 unspecified atom stereocenters. The Morgan fingerprint density at radius 3 is 2.79 bits per heavy atom. The van der Waals surface area contributed by atoms with Crippen LogP contribution in [0.2, 0.25) is 0 Å². The minimum absolute atomic E-state index is 0.119. The van der Waals surface area contributed by atoms with E-state index in [1.165, 1.54) is 11.8 Å². The van der Waals surface area contributed by atoms with Crippen molar-refractivity contribution in [1.82, 2.24) is 15.0 Å². The van der Waals surface area contributed by atoms with Crippen molar-refractivity contribution in [2.24, 2.45) is 11.0 Å². The molecule has 0 spiro atoms. The van der Waals surface area contributed by atoms with Gasteiger partial charge in [0.1, 0.15) is 11.6 Å². The van der Waals surface area contributed by atoms with E-state index in [4.69, 9.17) is 9.72 Å². The average Bonchev–Trinajstić information content (AvgIpc) is 3.05. The molecule has 144 valence electrons. The van der Waals surface area contributed by atoms with Gasteiger partial charge in [0.2, 0.25) is 0 Å². The Morgan fingerprint density at radius 2 is 2.07 bits per heavy atom. The summed E-state index contributed by atoms with van der Waals surface area (Å²) in [5, 5.41) is 4.07. The number of rotatable bonds is 5. The molecule has 4 rings (SSSR count). The van der Waals surface area contributed by atoms with Gasteiger partial charge in [-0.25, -0.2) is 10.4 Å². The van der Waals surface area contributed by atoms with Crippen LogP contribution in [0.25, 0.3) is 22.4 Å². The first kappa shape index (κ1) is 18.6. The number of fused-ring (bicyclic) bond motifs is 1. The third-order valence-corrected chi connectivity index (χ3v) is 5.35. The predicted molar refractivity (Wildman–Crippen MR) is 114 cm³/mol. The van der Waals surface area contributed by atoms with Gasteiger partial charge in [-0.1, -0.05) is 43.8 Å². The summed E-state index contributed by atoms with van der Waals surface area (Å²) in [5.41, 5.74) is 7.39. The van der Waals surface area contributed by atoms with E-state index in [2.05, 4.69) is 41.1 Å². The quantitative estimate of drug-likeness (QED) is 0.690. The largest absolute Gasteiger partial charge is 0.497 e. The van der Waals surface area contributed by atoms with E-state index in [0.29, 0.717) is 11.7 Å². The predicted octanol–water partition coefficient (Wildman–Crippen LogP) is 4.53. The second-order valence-electron chi connectivity index (χ2n) is 7.12. The van der Waals surface area contributed by atoms with Crippen molar-refractivity contribution in [3.05, 3.63) is 48.0 Å². The molecule has 2 heterocycles. The van der Waals surface area contributed by atoms with E-state index in [1.807, 2.05) is 30.3 Å². The lowest BCUT2D eigenvalue weighted by atomic mass is 10.1. The molecule has 3 aromatic rings. The fourth-order valence-electron chi connectivity index (χ4n) is 3.30. The number of aromatic nitrogens is 2. The van der Waals surface area contributed by atoms with Gasteiger partial charge in [-0.3, -0.25) is 4.79 Å². The van der Waals surface area contributed by atoms with Crippen LogP contribution in [0, 0.1) is 5.92 Å². The standard InChI is InChI=1S/C21H22N4O2S/c1-13(2)11-25-19-8-7-14(18-12-28-21(26)24-23-18)10-17(19)22-20(25)15-5-4-6-16(9-15)27-3/h4-10,13H,11-12H2,1-3H3,(H,24,26). The Morgan fingerprint density at radius 1 is 1.21 bits per heavy atom. The number of hydrazone groups is 1. The minimum atomic E-state index is -0.119. The fourth-order valence-corrected chi connectivity index (χ4v) is 3.91. The van der Waals surface area contributed by atoms with Gasteiger partial charge in [0, 0.05) is 23.4 Å². The van der Waals surface area contributed by atoms with Gasteiger partial charge in [0.15, 0.2) is 0 Å². The molecule has 0 saturated carbocycles. The number of imidazole rings is 1. The highest BCUT2D eigenvalue weighted by Crippen LogP contribution is 2.29. The zero-order chi connectivity index (χ0) is 19.7. The maximum absolute atomic E-state index is 11.3. The monoisotopic (exact) mass is 394 g/mol. The summed E-state index contributed by atoms with van der Waals surface area (Å²) in [5.74, 6) is 2.78. The number of carbonyl (C=O) groups excluding carboxylic acids is 1. The summed E-state index contributed by atoms with van der Waals surface area (Å²) in [6.07, 6.45) is 0. The van der Waals surface area contributed by atoms with Crippen LogP contribution in [0.15, 0.2) is 47.6 Å². The first-order valence-electron chi connectivity index (χ1n) is 9.19. The van der Waals surface area contributed by atoms with Crippen molar-refractivity contribution in [3.63, 3.8) is 0 Å². The Kier molecular flexibility index (Phi) is 5.09. The molecule has 28 heavy (non-hydrogen) atoms. The molecule has 0 fully saturated rings. The molecule has 1 aromatic heterocycles. The summed E-state index contributed by atoms with van der Waals surface area (Å²) in [6.45, 7) is 5.27. The number of amides is 1. The molecule has 6 nitrogen and oxygen atoms in total. The molecule has 1 amide bonds. The fraction of sp³-hybridized carbons (Fsp3) is 0.286. The number of hydrogen-bond acceptors (Lipinski definition) is 5. The third kappa shape index (κ3) is 3.62. The highest BCUT2D eigenvalue weighted by atomic mass is 32.2. The summed E-state index contributed by atoms with van der Waals surface area (Å²) < 4.78 is 7.65. The van der Waals surface area contributed by atoms with Crippen molar-refractivity contribution in [2.45, 2.75) is 20.4 Å². The maximum atomic E-state index is 11.3. The number of benzene rings is 2. The Balaban J connectivity index is 1.83. The van der Waals surface area contributed by atoms with Crippen molar-refractivity contribution >= 4 is 33.7 Å². The van der Waals surface area contributed by atoms with Crippen LogP contribution in [-0.2, 0) is 6.54 Å². The summed E-state index contributed by atoms with van der Waals surface area (Å²) in [4.78, 5) is 16.3. The van der Waals surface area contributed by atoms with Gasteiger partial charge >= 0.3 is 0 Å². The van der Waals surface area contributed by atoms with Crippen LogP contribution < -0.4 is 10.2 Å². The second-order valence-corrected chi connectivity index (χ2v) is 8.07. The number of nitrogens with zero attached hydrogens (tertiary/aromatic N) is 3. The summed E-state index contributed by atoms with van der Waals surface area (Å²) in [7, 11) is 1.67. The number of methoxy groups -OCH3 is 1. The van der Waals surface area contributed by atoms with E-state index in [0.717, 1.165) is 46.0 Å². The molecule has 0 radical (unpaired) electrons. The molecule has 1 aliphatic rings. The van der Waals surface area contributed by atoms with Crippen LogP contribution in [0.1, 0.15) is 19.4 Å². The van der Waals surface area contributed by atoms with Crippen molar-refractivity contribution in [1.29, 1.82) is 0 Å². The van der Waals surface area contributed by atoms with Gasteiger partial charge in [-0.05, 0) is 30.2 Å². The highest BCUT2D eigenvalue weighted by molar-refractivity contribution is 8.14. The van der Waals surface area contributed by atoms with E-state index in [1.54, 1.807) is 7.11 Å². The summed E-state index contributed by atoms with van der Waals surface area (Å²) in [6, 6.07) is 14.2. The molecular weight excluding hydrogens is 372 g/mol. The van der Waals surface area contributed by atoms with Gasteiger partial charge in [-0.2, -0.15) is 5.10 Å². The van der Waals surface area contributed by atoms with Crippen LogP contribution >= 0.6 is 11.8 Å². The first-order valence-corrected chi connectivity index (χ1v) is 10.2. The third-order valence-electron chi connectivity index (χ3n) is 4.58. The number of thioether (sulfide) groups is 1. The zero-order valence-corrected chi connectivity index (χ0v) is 16.9. The number of carbonyl (C=O) groups is 1. The van der Waals surface area contributed by atoms with Gasteiger partial charge in [0.25, 0.3) is 5.24 Å². The molecule has 1 aliphatic heterocycles. The normalized spacial score (nSPS) is 14.3. The molecule has 0 bridgehead atoms. The lowest BCUT2D eigenvalue weighted by Gasteiger charge is -2.13. The Bertz CT molecular complexity index is 1070. The van der Waals surface area contributed by atoms with Crippen molar-refractivity contribution in [2.75, 3.05) is 12.9 Å². The smallest absolute Gasteiger partial charge is 0.299 e. The van der Waals surface area contributed by atoms with Crippen molar-refractivity contribution in [3.8, 4) is 17.1 Å². The lowest BCUT2D eigenvalue weighted by Crippen LogP contribution is -2.23. The molecule has 1 N–H and O–H groups in total. The van der Waals surface area contributed by atoms with Crippen LogP contribution in [0.3, 0.4) is 0 Å². The Labute approximate surface area is 168 Å². The topological polar surface area (TPSA) is 68.5 Å². The van der Waals surface area contributed by atoms with Crippen LogP contribution in [-0.4, -0.2) is 33.4 Å². The maximum Gasteiger partial charge on any atom is 0.299 e. The lowest BCUT2D eigenvalue weighted by molar-refractivity contribution is 0.261. The first-order chi connectivity index (χ1) is 13.5.